The highest BCUT2D eigenvalue weighted by molar-refractivity contribution is 5.37. The van der Waals surface area contributed by atoms with Gasteiger partial charge in [0.25, 0.3) is 0 Å². The van der Waals surface area contributed by atoms with E-state index in [9.17, 15) is 0 Å². The molecular weight excluding hydrogens is 210 g/mol. The largest absolute Gasteiger partial charge is 0.493 e. The predicted molar refractivity (Wildman–Crippen MR) is 71.6 cm³/mol. The minimum absolute atomic E-state index is 0.799. The summed E-state index contributed by atoms with van der Waals surface area (Å²) in [5.74, 6) is 1.88. The first-order valence-corrected chi connectivity index (χ1v) is 6.66. The molecule has 1 fully saturated rings. The first-order valence-electron chi connectivity index (χ1n) is 6.66. The second-order valence-electron chi connectivity index (χ2n) is 5.07. The molecule has 17 heavy (non-hydrogen) atoms. The Kier molecular flexibility index (Phi) is 4.43. The van der Waals surface area contributed by atoms with Crippen molar-refractivity contribution in [3.63, 3.8) is 0 Å². The van der Waals surface area contributed by atoms with Crippen molar-refractivity contribution >= 4 is 0 Å². The molecule has 0 aliphatic heterocycles. The molecule has 1 saturated carbocycles. The Morgan fingerprint density at radius 2 is 2.18 bits per heavy atom. The van der Waals surface area contributed by atoms with Crippen LogP contribution < -0.4 is 10.1 Å². The van der Waals surface area contributed by atoms with E-state index < -0.39 is 0 Å². The van der Waals surface area contributed by atoms with Crippen LogP contribution in [0.5, 0.6) is 5.75 Å². The molecule has 2 nitrogen and oxygen atoms in total. The third-order valence-electron chi connectivity index (χ3n) is 3.56. The highest BCUT2D eigenvalue weighted by Crippen LogP contribution is 2.28. The molecule has 1 N–H and O–H groups in total. The van der Waals surface area contributed by atoms with E-state index in [4.69, 9.17) is 4.74 Å². The van der Waals surface area contributed by atoms with Gasteiger partial charge in [0.1, 0.15) is 5.75 Å². The van der Waals surface area contributed by atoms with Crippen LogP contribution in [0.25, 0.3) is 0 Å². The number of rotatable bonds is 6. The molecular formula is C15H23NO. The lowest BCUT2D eigenvalue weighted by Crippen LogP contribution is -2.20. The Labute approximate surface area is 104 Å². The molecule has 0 heterocycles. The molecule has 0 aromatic heterocycles. The van der Waals surface area contributed by atoms with Crippen molar-refractivity contribution in [2.24, 2.45) is 5.92 Å². The van der Waals surface area contributed by atoms with E-state index in [0.29, 0.717) is 0 Å². The zero-order valence-corrected chi connectivity index (χ0v) is 11.0. The molecule has 2 rings (SSSR count). The number of aryl methyl sites for hydroxylation is 1. The summed E-state index contributed by atoms with van der Waals surface area (Å²) in [7, 11) is 1.99. The van der Waals surface area contributed by atoms with Crippen LogP contribution in [0, 0.1) is 12.8 Å². The number of hydrogen-bond donors (Lipinski definition) is 1. The van der Waals surface area contributed by atoms with Crippen molar-refractivity contribution in [3.05, 3.63) is 29.3 Å². The average Bonchev–Trinajstić information content (AvgIpc) is 2.26. The minimum atomic E-state index is 0.799. The van der Waals surface area contributed by atoms with Crippen molar-refractivity contribution in [2.45, 2.75) is 32.6 Å². The summed E-state index contributed by atoms with van der Waals surface area (Å²) in [6.07, 6.45) is 5.11. The molecule has 1 aromatic carbocycles. The third-order valence-corrected chi connectivity index (χ3v) is 3.56. The van der Waals surface area contributed by atoms with Crippen LogP contribution in [0.2, 0.25) is 0 Å². The molecule has 0 saturated heterocycles. The smallest absolute Gasteiger partial charge is 0.122 e. The van der Waals surface area contributed by atoms with Gasteiger partial charge in [0.15, 0.2) is 0 Å². The maximum Gasteiger partial charge on any atom is 0.122 e. The molecule has 0 atom stereocenters. The standard InChI is InChI=1S/C15H23NO/c1-12-6-7-15(14(10-12)8-9-16-2)17-11-13-4-3-5-13/h6-7,10,13,16H,3-5,8-9,11H2,1-2H3. The van der Waals surface area contributed by atoms with Crippen molar-refractivity contribution < 1.29 is 4.74 Å². The minimum Gasteiger partial charge on any atom is -0.493 e. The lowest BCUT2D eigenvalue weighted by Gasteiger charge is -2.25. The quantitative estimate of drug-likeness (QED) is 0.815. The van der Waals surface area contributed by atoms with Gasteiger partial charge in [0.05, 0.1) is 6.61 Å². The highest BCUT2D eigenvalue weighted by Gasteiger charge is 2.18. The first kappa shape index (κ1) is 12.4. The summed E-state index contributed by atoms with van der Waals surface area (Å²) in [6.45, 7) is 4.04. The Morgan fingerprint density at radius 3 is 2.82 bits per heavy atom. The molecule has 94 valence electrons. The fourth-order valence-corrected chi connectivity index (χ4v) is 2.17. The van der Waals surface area contributed by atoms with Crippen LogP contribution in [0.4, 0.5) is 0 Å². The van der Waals surface area contributed by atoms with Crippen molar-refractivity contribution in [2.75, 3.05) is 20.2 Å². The third kappa shape index (κ3) is 3.47. The van der Waals surface area contributed by atoms with E-state index in [1.807, 2.05) is 7.05 Å². The number of hydrogen-bond acceptors (Lipinski definition) is 2. The summed E-state index contributed by atoms with van der Waals surface area (Å²) in [6, 6.07) is 6.51. The summed E-state index contributed by atoms with van der Waals surface area (Å²) in [4.78, 5) is 0. The Hall–Kier alpha value is -1.02. The van der Waals surface area contributed by atoms with Gasteiger partial charge < -0.3 is 10.1 Å². The normalized spacial score (nSPS) is 15.6. The monoisotopic (exact) mass is 233 g/mol. The fraction of sp³-hybridized carbons (Fsp3) is 0.600. The Bertz CT molecular complexity index is 358. The zero-order chi connectivity index (χ0) is 12.1. The van der Waals surface area contributed by atoms with E-state index in [2.05, 4.69) is 30.4 Å². The Balaban J connectivity index is 1.97. The second kappa shape index (κ2) is 6.06. The van der Waals surface area contributed by atoms with Gasteiger partial charge in [0.2, 0.25) is 0 Å². The molecule has 1 aromatic rings. The van der Waals surface area contributed by atoms with Gasteiger partial charge in [-0.05, 0) is 57.3 Å². The van der Waals surface area contributed by atoms with Crippen LogP contribution >= 0.6 is 0 Å². The molecule has 1 aliphatic rings. The van der Waals surface area contributed by atoms with Crippen molar-refractivity contribution in [1.82, 2.24) is 5.32 Å². The van der Waals surface area contributed by atoms with Gasteiger partial charge in [0, 0.05) is 0 Å². The van der Waals surface area contributed by atoms with Crippen molar-refractivity contribution in [3.8, 4) is 5.75 Å². The highest BCUT2D eigenvalue weighted by atomic mass is 16.5. The molecule has 0 bridgehead atoms. The van der Waals surface area contributed by atoms with Crippen LogP contribution in [0.1, 0.15) is 30.4 Å². The summed E-state index contributed by atoms with van der Waals surface area (Å²) in [5, 5.41) is 3.19. The number of nitrogens with one attached hydrogen (secondary N) is 1. The van der Waals surface area contributed by atoms with E-state index in [-0.39, 0.29) is 0 Å². The SMILES string of the molecule is CNCCc1cc(C)ccc1OCC1CCC1. The lowest BCUT2D eigenvalue weighted by atomic mass is 9.86. The molecule has 1 aliphatic carbocycles. The van der Waals surface area contributed by atoms with Crippen molar-refractivity contribution in [1.29, 1.82) is 0 Å². The van der Waals surface area contributed by atoms with Gasteiger partial charge in [-0.3, -0.25) is 0 Å². The summed E-state index contributed by atoms with van der Waals surface area (Å²) in [5.41, 5.74) is 2.64. The van der Waals surface area contributed by atoms with E-state index in [1.165, 1.54) is 30.4 Å². The van der Waals surface area contributed by atoms with Crippen LogP contribution in [0.15, 0.2) is 18.2 Å². The van der Waals surface area contributed by atoms with Gasteiger partial charge in [-0.15, -0.1) is 0 Å². The molecule has 0 radical (unpaired) electrons. The lowest BCUT2D eigenvalue weighted by molar-refractivity contribution is 0.179. The van der Waals surface area contributed by atoms with Gasteiger partial charge in [-0.2, -0.15) is 0 Å². The summed E-state index contributed by atoms with van der Waals surface area (Å²) < 4.78 is 5.97. The first-order chi connectivity index (χ1) is 8.29. The van der Waals surface area contributed by atoms with E-state index in [1.54, 1.807) is 0 Å². The molecule has 2 heteroatoms. The van der Waals surface area contributed by atoms with Crippen LogP contribution in [-0.2, 0) is 6.42 Å². The zero-order valence-electron chi connectivity index (χ0n) is 11.0. The molecule has 0 unspecified atom stereocenters. The predicted octanol–water partition coefficient (Wildman–Crippen LogP) is 2.94. The van der Waals surface area contributed by atoms with Crippen LogP contribution in [0.3, 0.4) is 0 Å². The molecule has 0 amide bonds. The van der Waals surface area contributed by atoms with Gasteiger partial charge in [-0.25, -0.2) is 0 Å². The Morgan fingerprint density at radius 1 is 1.35 bits per heavy atom. The number of ether oxygens (including phenoxy) is 1. The van der Waals surface area contributed by atoms with E-state index in [0.717, 1.165) is 31.2 Å². The average molecular weight is 233 g/mol. The second-order valence-corrected chi connectivity index (χ2v) is 5.07. The topological polar surface area (TPSA) is 21.3 Å². The number of likely N-dealkylation sites (N-methyl/N-ethyl adjacent to an activating group) is 1. The summed E-state index contributed by atoms with van der Waals surface area (Å²) >= 11 is 0. The van der Waals surface area contributed by atoms with Gasteiger partial charge in [-0.1, -0.05) is 24.1 Å². The maximum absolute atomic E-state index is 5.97. The molecule has 0 spiro atoms. The fourth-order valence-electron chi connectivity index (χ4n) is 2.17. The van der Waals surface area contributed by atoms with Gasteiger partial charge >= 0.3 is 0 Å². The number of benzene rings is 1. The van der Waals surface area contributed by atoms with Crippen LogP contribution in [-0.4, -0.2) is 20.2 Å². The van der Waals surface area contributed by atoms with E-state index >= 15 is 0 Å². The maximum atomic E-state index is 5.97.